The maximum Gasteiger partial charge on any atom is 0.573 e. The van der Waals surface area contributed by atoms with Crippen LogP contribution in [0.15, 0.2) is 24.3 Å². The van der Waals surface area contributed by atoms with Crippen molar-refractivity contribution in [1.29, 1.82) is 0 Å². The van der Waals surface area contributed by atoms with E-state index in [1.54, 1.807) is 0 Å². The first kappa shape index (κ1) is 11.3. The summed E-state index contributed by atoms with van der Waals surface area (Å²) >= 11 is 0. The summed E-state index contributed by atoms with van der Waals surface area (Å²) in [5.41, 5.74) is 0.0343. The molecule has 15 heavy (non-hydrogen) atoms. The summed E-state index contributed by atoms with van der Waals surface area (Å²) < 4.78 is 38.8. The monoisotopic (exact) mass is 221 g/mol. The van der Waals surface area contributed by atoms with Gasteiger partial charge in [-0.3, -0.25) is 0 Å². The number of carbonyl (C=O) groups excluding carboxylic acids is 1. The Labute approximate surface area is 82.3 Å². The van der Waals surface area contributed by atoms with E-state index in [1.807, 2.05) is 0 Å². The number of hydrogen-bond donors (Lipinski definition) is 1. The van der Waals surface area contributed by atoms with Crippen LogP contribution >= 0.6 is 0 Å². The van der Waals surface area contributed by atoms with Gasteiger partial charge in [0.1, 0.15) is 5.75 Å². The lowest BCUT2D eigenvalue weighted by molar-refractivity contribution is -0.274. The summed E-state index contributed by atoms with van der Waals surface area (Å²) in [6.07, 6.45) is -4.75. The van der Waals surface area contributed by atoms with Crippen molar-refractivity contribution in [3.63, 3.8) is 0 Å². The standard InChI is InChI=1S/C8H6F3NO3/c9-8(10,11)14-6-3-1-5(2-4-6)7(13)15-12/h1-4H,12H2. The van der Waals surface area contributed by atoms with Crippen LogP contribution in [-0.4, -0.2) is 12.3 Å². The van der Waals surface area contributed by atoms with Crippen LogP contribution in [0.1, 0.15) is 10.4 Å². The SMILES string of the molecule is NOC(=O)c1ccc(OC(F)(F)F)cc1. The third-order valence-electron chi connectivity index (χ3n) is 1.43. The molecule has 0 atom stereocenters. The van der Waals surface area contributed by atoms with Crippen molar-refractivity contribution in [2.45, 2.75) is 6.36 Å². The van der Waals surface area contributed by atoms with Crippen LogP contribution < -0.4 is 10.6 Å². The van der Waals surface area contributed by atoms with Gasteiger partial charge in [-0.15, -0.1) is 13.2 Å². The quantitative estimate of drug-likeness (QED) is 0.770. The van der Waals surface area contributed by atoms with Crippen LogP contribution in [0.4, 0.5) is 13.2 Å². The number of ether oxygens (including phenoxy) is 1. The number of halogens is 3. The molecule has 0 saturated carbocycles. The fourth-order valence-electron chi connectivity index (χ4n) is 0.861. The van der Waals surface area contributed by atoms with Gasteiger partial charge in [0, 0.05) is 0 Å². The van der Waals surface area contributed by atoms with Crippen molar-refractivity contribution in [1.82, 2.24) is 0 Å². The predicted octanol–water partition coefficient (Wildman–Crippen LogP) is 1.62. The van der Waals surface area contributed by atoms with Gasteiger partial charge >= 0.3 is 12.3 Å². The van der Waals surface area contributed by atoms with Crippen molar-refractivity contribution in [2.75, 3.05) is 0 Å². The molecule has 0 spiro atoms. The lowest BCUT2D eigenvalue weighted by atomic mass is 10.2. The Balaban J connectivity index is 2.77. The van der Waals surface area contributed by atoms with E-state index < -0.39 is 18.1 Å². The van der Waals surface area contributed by atoms with E-state index in [4.69, 9.17) is 0 Å². The molecule has 0 aliphatic heterocycles. The highest BCUT2D eigenvalue weighted by molar-refractivity contribution is 5.89. The van der Waals surface area contributed by atoms with Gasteiger partial charge in [0.15, 0.2) is 0 Å². The van der Waals surface area contributed by atoms with Gasteiger partial charge in [-0.1, -0.05) is 0 Å². The molecule has 1 aromatic rings. The number of carbonyl (C=O) groups is 1. The molecule has 0 saturated heterocycles. The van der Waals surface area contributed by atoms with E-state index in [-0.39, 0.29) is 5.56 Å². The maximum atomic E-state index is 11.7. The highest BCUT2D eigenvalue weighted by Gasteiger charge is 2.31. The predicted molar refractivity (Wildman–Crippen MR) is 42.7 cm³/mol. The van der Waals surface area contributed by atoms with Crippen LogP contribution in [-0.2, 0) is 4.84 Å². The molecule has 0 unspecified atom stereocenters. The molecule has 0 aliphatic carbocycles. The topological polar surface area (TPSA) is 61.5 Å². The molecule has 0 aliphatic rings. The minimum atomic E-state index is -4.75. The Morgan fingerprint density at radius 1 is 1.20 bits per heavy atom. The molecule has 82 valence electrons. The average Bonchev–Trinajstić information content (AvgIpc) is 2.15. The lowest BCUT2D eigenvalue weighted by Crippen LogP contribution is -2.17. The molecule has 4 nitrogen and oxygen atoms in total. The molecule has 0 fully saturated rings. The zero-order chi connectivity index (χ0) is 11.5. The second-order valence-corrected chi connectivity index (χ2v) is 2.48. The van der Waals surface area contributed by atoms with Crippen LogP contribution in [0.3, 0.4) is 0 Å². The molecule has 0 aromatic heterocycles. The molecule has 7 heteroatoms. The van der Waals surface area contributed by atoms with E-state index in [2.05, 4.69) is 15.5 Å². The second-order valence-electron chi connectivity index (χ2n) is 2.48. The van der Waals surface area contributed by atoms with Crippen LogP contribution in [0.2, 0.25) is 0 Å². The van der Waals surface area contributed by atoms with E-state index in [0.29, 0.717) is 0 Å². The fourth-order valence-corrected chi connectivity index (χ4v) is 0.861. The Morgan fingerprint density at radius 2 is 1.73 bits per heavy atom. The first-order chi connectivity index (χ1) is 6.92. The Bertz CT molecular complexity index is 347. The van der Waals surface area contributed by atoms with Gasteiger partial charge < -0.3 is 9.57 Å². The normalized spacial score (nSPS) is 10.9. The highest BCUT2D eigenvalue weighted by atomic mass is 19.4. The molecule has 1 rings (SSSR count). The van der Waals surface area contributed by atoms with Crippen LogP contribution in [0.25, 0.3) is 0 Å². The zero-order valence-corrected chi connectivity index (χ0v) is 7.25. The summed E-state index contributed by atoms with van der Waals surface area (Å²) in [4.78, 5) is 14.7. The van der Waals surface area contributed by atoms with Crippen molar-refractivity contribution < 1.29 is 27.5 Å². The smallest absolute Gasteiger partial charge is 0.406 e. The van der Waals surface area contributed by atoms with Gasteiger partial charge in [-0.25, -0.2) is 4.79 Å². The van der Waals surface area contributed by atoms with Gasteiger partial charge in [-0.05, 0) is 24.3 Å². The zero-order valence-electron chi connectivity index (χ0n) is 7.25. The summed E-state index contributed by atoms with van der Waals surface area (Å²) in [5.74, 6) is 3.32. The van der Waals surface area contributed by atoms with Gasteiger partial charge in [0.25, 0.3) is 0 Å². The first-order valence-electron chi connectivity index (χ1n) is 3.69. The first-order valence-corrected chi connectivity index (χ1v) is 3.69. The summed E-state index contributed by atoms with van der Waals surface area (Å²) in [7, 11) is 0. The molecule has 0 bridgehead atoms. The van der Waals surface area contributed by atoms with E-state index in [0.717, 1.165) is 24.3 Å². The Morgan fingerprint density at radius 3 is 2.13 bits per heavy atom. The van der Waals surface area contributed by atoms with Crippen molar-refractivity contribution >= 4 is 5.97 Å². The molecule has 0 amide bonds. The number of alkyl halides is 3. The molecule has 0 heterocycles. The van der Waals surface area contributed by atoms with Crippen LogP contribution in [0, 0.1) is 0 Å². The number of nitrogens with two attached hydrogens (primary N) is 1. The molecule has 2 N–H and O–H groups in total. The number of benzene rings is 1. The Hall–Kier alpha value is -1.76. The van der Waals surface area contributed by atoms with Gasteiger partial charge in [-0.2, -0.15) is 5.90 Å². The summed E-state index contributed by atoms with van der Waals surface area (Å²) in [5, 5.41) is 0. The number of hydrogen-bond acceptors (Lipinski definition) is 4. The van der Waals surface area contributed by atoms with Gasteiger partial charge in [0.2, 0.25) is 0 Å². The molecular weight excluding hydrogens is 215 g/mol. The minimum Gasteiger partial charge on any atom is -0.406 e. The van der Waals surface area contributed by atoms with Crippen molar-refractivity contribution in [3.8, 4) is 5.75 Å². The third-order valence-corrected chi connectivity index (χ3v) is 1.43. The maximum absolute atomic E-state index is 11.7. The minimum absolute atomic E-state index is 0.0343. The van der Waals surface area contributed by atoms with E-state index in [9.17, 15) is 18.0 Å². The van der Waals surface area contributed by atoms with Crippen molar-refractivity contribution in [3.05, 3.63) is 29.8 Å². The molecular formula is C8H6F3NO3. The summed E-state index contributed by atoms with van der Waals surface area (Å²) in [6.45, 7) is 0. The highest BCUT2D eigenvalue weighted by Crippen LogP contribution is 2.22. The molecule has 1 aromatic carbocycles. The fraction of sp³-hybridized carbons (Fsp3) is 0.125. The lowest BCUT2D eigenvalue weighted by Gasteiger charge is -2.08. The van der Waals surface area contributed by atoms with E-state index >= 15 is 0 Å². The average molecular weight is 221 g/mol. The number of rotatable bonds is 2. The van der Waals surface area contributed by atoms with Gasteiger partial charge in [0.05, 0.1) is 5.56 Å². The third kappa shape index (κ3) is 3.47. The molecule has 0 radical (unpaired) electrons. The Kier molecular flexibility index (Phi) is 3.15. The van der Waals surface area contributed by atoms with Crippen molar-refractivity contribution in [2.24, 2.45) is 5.90 Å². The van der Waals surface area contributed by atoms with E-state index in [1.165, 1.54) is 0 Å². The largest absolute Gasteiger partial charge is 0.573 e. The second kappa shape index (κ2) is 4.18. The summed E-state index contributed by atoms with van der Waals surface area (Å²) in [6, 6.07) is 4.19. The van der Waals surface area contributed by atoms with Crippen LogP contribution in [0.5, 0.6) is 5.75 Å².